The summed E-state index contributed by atoms with van der Waals surface area (Å²) in [5, 5.41) is 0. The molecule has 4 heteroatoms. The lowest BCUT2D eigenvalue weighted by Crippen LogP contribution is -3.00. The number of pyridine rings is 2. The van der Waals surface area contributed by atoms with Crippen LogP contribution in [-0.2, 0) is 25.9 Å². The summed E-state index contributed by atoms with van der Waals surface area (Å²) in [6, 6.07) is 8.96. The predicted octanol–water partition coefficient (Wildman–Crippen LogP) is 1.03. The highest BCUT2D eigenvalue weighted by Crippen LogP contribution is 2.08. The van der Waals surface area contributed by atoms with Gasteiger partial charge in [-0.3, -0.25) is 0 Å². The fourth-order valence-electron chi connectivity index (χ4n) is 4.43. The molecule has 192 valence electrons. The second kappa shape index (κ2) is 21.1. The van der Waals surface area contributed by atoms with Crippen LogP contribution < -0.4 is 57.1 Å². The summed E-state index contributed by atoms with van der Waals surface area (Å²) in [5.41, 5.74) is 2.93. The number of allylic oxidation sites excluding steroid dienone is 6. The van der Waals surface area contributed by atoms with Crippen LogP contribution in [0.3, 0.4) is 0 Å². The van der Waals surface area contributed by atoms with Gasteiger partial charge in [-0.2, -0.15) is 0 Å². The summed E-state index contributed by atoms with van der Waals surface area (Å²) >= 11 is 0. The van der Waals surface area contributed by atoms with Crippen LogP contribution in [0.5, 0.6) is 0 Å². The molecule has 1 aliphatic heterocycles. The summed E-state index contributed by atoms with van der Waals surface area (Å²) in [5.74, 6) is 0. The Balaban J connectivity index is 0.00000306. The van der Waals surface area contributed by atoms with Gasteiger partial charge in [-0.1, -0.05) is 42.9 Å². The van der Waals surface area contributed by atoms with Crippen molar-refractivity contribution in [2.24, 2.45) is 0 Å². The molecule has 2 aromatic heterocycles. The Hall–Kier alpha value is -1.02. The third-order valence-electron chi connectivity index (χ3n) is 6.36. The standard InChI is InChI=1S/C31H44N2.2HI/c1-2-4-8-12-16-24-32-26-19-23-31(29-32)21-15-11-7-5-9-13-17-25-33-27-18-22-30(28-33)20-14-10-6-3-1;;/h3,6,8-9,12-13,18-19,22-23,26-29H,1-2,4-5,7,10-11,14-17,20-21,24-25H2;2*1H/q+2;;/p-2/b6-3-,12-8-,13-9-;;. The quantitative estimate of drug-likeness (QED) is 0.221. The Labute approximate surface area is 248 Å². The fourth-order valence-corrected chi connectivity index (χ4v) is 4.43. The first-order valence-corrected chi connectivity index (χ1v) is 13.3. The Morgan fingerprint density at radius 1 is 0.457 bits per heavy atom. The minimum atomic E-state index is 0. The molecular formula is C31H44I2N2. The van der Waals surface area contributed by atoms with Crippen LogP contribution in [0.15, 0.2) is 85.5 Å². The summed E-state index contributed by atoms with van der Waals surface area (Å²) in [6.07, 6.45) is 39.1. The number of aromatic nitrogens is 2. The van der Waals surface area contributed by atoms with Gasteiger partial charge in [0.1, 0.15) is 0 Å². The van der Waals surface area contributed by atoms with E-state index in [9.17, 15) is 0 Å². The van der Waals surface area contributed by atoms with Crippen molar-refractivity contribution in [2.75, 3.05) is 0 Å². The van der Waals surface area contributed by atoms with E-state index in [4.69, 9.17) is 0 Å². The maximum Gasteiger partial charge on any atom is 0.171 e. The monoisotopic (exact) mass is 698 g/mol. The van der Waals surface area contributed by atoms with Gasteiger partial charge < -0.3 is 48.0 Å². The molecule has 3 rings (SSSR count). The Morgan fingerprint density at radius 3 is 1.49 bits per heavy atom. The molecule has 0 spiro atoms. The first kappa shape index (κ1) is 32.0. The third-order valence-corrected chi connectivity index (χ3v) is 6.36. The largest absolute Gasteiger partial charge is 1.00 e. The number of hydrogen-bond donors (Lipinski definition) is 0. The van der Waals surface area contributed by atoms with Gasteiger partial charge in [0.15, 0.2) is 37.9 Å². The van der Waals surface area contributed by atoms with Gasteiger partial charge in [0.05, 0.1) is 0 Å². The zero-order valence-electron chi connectivity index (χ0n) is 21.3. The summed E-state index contributed by atoms with van der Waals surface area (Å²) in [7, 11) is 0. The van der Waals surface area contributed by atoms with E-state index in [2.05, 4.69) is 94.6 Å². The molecule has 2 aromatic rings. The lowest BCUT2D eigenvalue weighted by atomic mass is 10.1. The van der Waals surface area contributed by atoms with Gasteiger partial charge in [-0.25, -0.2) is 9.13 Å². The van der Waals surface area contributed by atoms with Crippen molar-refractivity contribution in [1.82, 2.24) is 0 Å². The molecule has 0 saturated carbocycles. The molecule has 0 atom stereocenters. The first-order chi connectivity index (χ1) is 16.4. The molecule has 3 heterocycles. The molecule has 0 N–H and O–H groups in total. The second-order valence-electron chi connectivity index (χ2n) is 9.31. The van der Waals surface area contributed by atoms with Crippen LogP contribution in [0, 0.1) is 0 Å². The van der Waals surface area contributed by atoms with Crippen LogP contribution in [0.1, 0.15) is 81.8 Å². The number of hydrogen-bond acceptors (Lipinski definition) is 0. The van der Waals surface area contributed by atoms with Crippen molar-refractivity contribution in [2.45, 2.75) is 96.6 Å². The molecule has 0 radical (unpaired) electrons. The number of fused-ring (bicyclic) bond motifs is 4. The van der Waals surface area contributed by atoms with E-state index >= 15 is 0 Å². The van der Waals surface area contributed by atoms with E-state index in [1.165, 1.54) is 81.8 Å². The van der Waals surface area contributed by atoms with Crippen LogP contribution in [0.25, 0.3) is 0 Å². The number of halogens is 2. The molecule has 0 amide bonds. The maximum absolute atomic E-state index is 2.38. The van der Waals surface area contributed by atoms with E-state index in [1.807, 2.05) is 0 Å². The molecule has 0 aliphatic carbocycles. The smallest absolute Gasteiger partial charge is 0.171 e. The predicted molar refractivity (Wildman–Crippen MR) is 139 cm³/mol. The van der Waals surface area contributed by atoms with Gasteiger partial charge in [-0.15, -0.1) is 0 Å². The zero-order chi connectivity index (χ0) is 22.8. The van der Waals surface area contributed by atoms with Crippen LogP contribution in [0.2, 0.25) is 0 Å². The van der Waals surface area contributed by atoms with E-state index in [1.54, 1.807) is 0 Å². The molecule has 2 nitrogen and oxygen atoms in total. The highest BCUT2D eigenvalue weighted by Gasteiger charge is 2.03. The van der Waals surface area contributed by atoms with Crippen molar-refractivity contribution in [3.63, 3.8) is 0 Å². The molecule has 0 saturated heterocycles. The lowest BCUT2D eigenvalue weighted by molar-refractivity contribution is -0.696. The van der Waals surface area contributed by atoms with E-state index in [0.29, 0.717) is 0 Å². The van der Waals surface area contributed by atoms with Crippen LogP contribution in [-0.4, -0.2) is 0 Å². The van der Waals surface area contributed by atoms with E-state index in [0.717, 1.165) is 25.9 Å². The lowest BCUT2D eigenvalue weighted by Gasteiger charge is -2.01. The molecule has 0 fully saturated rings. The fraction of sp³-hybridized carbons (Fsp3) is 0.484. The third kappa shape index (κ3) is 15.0. The number of nitrogens with zero attached hydrogens (tertiary/aromatic N) is 2. The van der Waals surface area contributed by atoms with Gasteiger partial charge in [0.25, 0.3) is 0 Å². The van der Waals surface area contributed by atoms with Gasteiger partial charge in [0.2, 0.25) is 0 Å². The van der Waals surface area contributed by atoms with E-state index in [-0.39, 0.29) is 48.0 Å². The summed E-state index contributed by atoms with van der Waals surface area (Å²) in [6.45, 7) is 2.16. The molecule has 0 unspecified atom stereocenters. The topological polar surface area (TPSA) is 7.76 Å². The molecule has 1 aliphatic rings. The Bertz CT molecular complexity index is 889. The van der Waals surface area contributed by atoms with Crippen LogP contribution in [0.4, 0.5) is 0 Å². The zero-order valence-corrected chi connectivity index (χ0v) is 25.7. The average molecular weight is 699 g/mol. The van der Waals surface area contributed by atoms with Gasteiger partial charge in [0, 0.05) is 36.1 Å². The number of aryl methyl sites for hydroxylation is 4. The molecule has 4 bridgehead atoms. The minimum Gasteiger partial charge on any atom is -1.00 e. The van der Waals surface area contributed by atoms with E-state index < -0.39 is 0 Å². The van der Waals surface area contributed by atoms with Crippen molar-refractivity contribution in [3.8, 4) is 0 Å². The SMILES string of the molecule is C1=C\CCCc2ccc[n+](c2)CC/C=C\CCCCCc2ccc[n+](c2)CC/C=C\CCC/1.[I-].[I-]. The maximum atomic E-state index is 2.38. The summed E-state index contributed by atoms with van der Waals surface area (Å²) < 4.78 is 4.70. The minimum absolute atomic E-state index is 0. The van der Waals surface area contributed by atoms with Gasteiger partial charge >= 0.3 is 0 Å². The van der Waals surface area contributed by atoms with Gasteiger partial charge in [-0.05, 0) is 76.3 Å². The van der Waals surface area contributed by atoms with Crippen molar-refractivity contribution < 1.29 is 57.1 Å². The molecular weight excluding hydrogens is 654 g/mol. The Morgan fingerprint density at radius 2 is 0.914 bits per heavy atom. The second-order valence-corrected chi connectivity index (χ2v) is 9.31. The average Bonchev–Trinajstić information content (AvgIpc) is 2.84. The Kier molecular flexibility index (Phi) is 19.3. The van der Waals surface area contributed by atoms with Crippen molar-refractivity contribution in [1.29, 1.82) is 0 Å². The summed E-state index contributed by atoms with van der Waals surface area (Å²) in [4.78, 5) is 0. The highest BCUT2D eigenvalue weighted by atomic mass is 127. The number of rotatable bonds is 0. The van der Waals surface area contributed by atoms with Crippen molar-refractivity contribution in [3.05, 3.63) is 96.6 Å². The highest BCUT2D eigenvalue weighted by molar-refractivity contribution is 5.06. The molecule has 35 heavy (non-hydrogen) atoms. The van der Waals surface area contributed by atoms with Crippen molar-refractivity contribution >= 4 is 0 Å². The first-order valence-electron chi connectivity index (χ1n) is 13.3. The normalized spacial score (nSPS) is 19.7. The van der Waals surface area contributed by atoms with Crippen LogP contribution >= 0.6 is 0 Å². The molecule has 0 aromatic carbocycles.